The first-order chi connectivity index (χ1) is 16.3. The first kappa shape index (κ1) is 22.5. The Kier molecular flexibility index (Phi) is 5.85. The summed E-state index contributed by atoms with van der Waals surface area (Å²) in [5.41, 5.74) is 1.27. The number of hydrogen-bond acceptors (Lipinski definition) is 6. The lowest BCUT2D eigenvalue weighted by Crippen LogP contribution is -2.50. The van der Waals surface area contributed by atoms with Crippen molar-refractivity contribution in [1.82, 2.24) is 19.3 Å². The van der Waals surface area contributed by atoms with Crippen molar-refractivity contribution in [3.05, 3.63) is 77.1 Å². The number of halogens is 1. The van der Waals surface area contributed by atoms with Crippen molar-refractivity contribution in [3.63, 3.8) is 0 Å². The highest BCUT2D eigenvalue weighted by Gasteiger charge is 2.30. The van der Waals surface area contributed by atoms with Gasteiger partial charge in [0.25, 0.3) is 5.91 Å². The fourth-order valence-electron chi connectivity index (χ4n) is 4.00. The number of carbonyl (C=O) groups excluding carboxylic acids is 1. The molecule has 0 bridgehead atoms. The molecule has 10 heteroatoms. The van der Waals surface area contributed by atoms with Gasteiger partial charge in [-0.15, -0.1) is 0 Å². The van der Waals surface area contributed by atoms with Gasteiger partial charge in [-0.25, -0.2) is 8.42 Å². The van der Waals surface area contributed by atoms with Crippen LogP contribution < -0.4 is 0 Å². The molecular weight excluding hydrogens is 476 g/mol. The van der Waals surface area contributed by atoms with Crippen molar-refractivity contribution < 1.29 is 17.7 Å². The van der Waals surface area contributed by atoms with Crippen LogP contribution in [0.2, 0.25) is 5.02 Å². The average molecular weight is 497 g/mol. The van der Waals surface area contributed by atoms with Gasteiger partial charge in [0.15, 0.2) is 0 Å². The van der Waals surface area contributed by atoms with Gasteiger partial charge in [-0.3, -0.25) is 4.79 Å². The van der Waals surface area contributed by atoms with Gasteiger partial charge >= 0.3 is 0 Å². The van der Waals surface area contributed by atoms with Crippen LogP contribution in [0.15, 0.2) is 70.1 Å². The zero-order valence-electron chi connectivity index (χ0n) is 18.3. The zero-order chi connectivity index (χ0) is 23.9. The monoisotopic (exact) mass is 496 g/mol. The maximum atomic E-state index is 13.2. The average Bonchev–Trinajstić information content (AvgIpc) is 3.29. The summed E-state index contributed by atoms with van der Waals surface area (Å²) in [5.74, 6) is 0.790. The Morgan fingerprint density at radius 3 is 2.29 bits per heavy atom. The molecule has 8 nitrogen and oxygen atoms in total. The Labute approximate surface area is 201 Å². The van der Waals surface area contributed by atoms with Crippen LogP contribution in [-0.2, 0) is 10.0 Å². The van der Waals surface area contributed by atoms with Crippen LogP contribution in [0.25, 0.3) is 22.2 Å². The van der Waals surface area contributed by atoms with E-state index in [2.05, 4.69) is 10.1 Å². The van der Waals surface area contributed by atoms with E-state index in [1.54, 1.807) is 72.5 Å². The number of nitrogens with zero attached hydrogens (tertiary/aromatic N) is 4. The summed E-state index contributed by atoms with van der Waals surface area (Å²) in [6.07, 6.45) is 0. The summed E-state index contributed by atoms with van der Waals surface area (Å²) in [6, 6.07) is 17.3. The second-order valence-corrected chi connectivity index (χ2v) is 10.4. The molecule has 34 heavy (non-hydrogen) atoms. The molecule has 1 aliphatic heterocycles. The second-order valence-electron chi connectivity index (χ2n) is 8.06. The maximum absolute atomic E-state index is 13.2. The largest absolute Gasteiger partial charge is 0.339 e. The van der Waals surface area contributed by atoms with Crippen LogP contribution in [0.4, 0.5) is 0 Å². The molecule has 1 aliphatic rings. The molecule has 2 heterocycles. The first-order valence-electron chi connectivity index (χ1n) is 10.7. The van der Waals surface area contributed by atoms with Crippen LogP contribution in [0, 0.1) is 6.92 Å². The molecule has 1 amide bonds. The number of rotatable bonds is 4. The summed E-state index contributed by atoms with van der Waals surface area (Å²) in [4.78, 5) is 19.0. The van der Waals surface area contributed by atoms with E-state index in [9.17, 15) is 13.2 Å². The third kappa shape index (κ3) is 4.29. The Bertz CT molecular complexity index is 1480. The molecule has 0 radical (unpaired) electrons. The molecule has 0 saturated carbocycles. The van der Waals surface area contributed by atoms with Crippen molar-refractivity contribution in [1.29, 1.82) is 0 Å². The molecule has 0 aliphatic carbocycles. The lowest BCUT2D eigenvalue weighted by atomic mass is 10.1. The predicted molar refractivity (Wildman–Crippen MR) is 128 cm³/mol. The van der Waals surface area contributed by atoms with E-state index in [-0.39, 0.29) is 23.9 Å². The standard InChI is InChI=1S/C24H21ClN4O4S/c1-16-26-23(27-33-16)17-2-4-18(5-3-17)24(30)28-10-12-29(13-11-28)34(31,32)22-9-7-19-14-21(25)8-6-20(19)15-22/h2-9,14-15H,10-13H2,1H3. The zero-order valence-corrected chi connectivity index (χ0v) is 19.9. The van der Waals surface area contributed by atoms with Crippen LogP contribution in [-0.4, -0.2) is 59.8 Å². The highest BCUT2D eigenvalue weighted by molar-refractivity contribution is 7.89. The van der Waals surface area contributed by atoms with Crippen LogP contribution in [0.1, 0.15) is 16.2 Å². The van der Waals surface area contributed by atoms with Gasteiger partial charge in [0.2, 0.25) is 21.7 Å². The quantitative estimate of drug-likeness (QED) is 0.423. The number of sulfonamides is 1. The van der Waals surface area contributed by atoms with Crippen LogP contribution in [0.3, 0.4) is 0 Å². The highest BCUT2D eigenvalue weighted by Crippen LogP contribution is 2.25. The van der Waals surface area contributed by atoms with E-state index in [1.807, 2.05) is 0 Å². The molecule has 174 valence electrons. The Balaban J connectivity index is 1.26. The van der Waals surface area contributed by atoms with E-state index in [0.29, 0.717) is 35.4 Å². The number of aromatic nitrogens is 2. The Morgan fingerprint density at radius 2 is 1.62 bits per heavy atom. The summed E-state index contributed by atoms with van der Waals surface area (Å²) >= 11 is 6.02. The van der Waals surface area contributed by atoms with Crippen molar-refractivity contribution in [2.75, 3.05) is 26.2 Å². The molecule has 5 rings (SSSR count). The van der Waals surface area contributed by atoms with Crippen molar-refractivity contribution in [2.45, 2.75) is 11.8 Å². The van der Waals surface area contributed by atoms with Gasteiger partial charge in [0.05, 0.1) is 4.90 Å². The molecule has 1 fully saturated rings. The van der Waals surface area contributed by atoms with E-state index >= 15 is 0 Å². The SMILES string of the molecule is Cc1nc(-c2ccc(C(=O)N3CCN(S(=O)(=O)c4ccc5cc(Cl)ccc5c4)CC3)cc2)no1. The minimum atomic E-state index is -3.67. The molecule has 0 spiro atoms. The summed E-state index contributed by atoms with van der Waals surface area (Å²) in [6.45, 7) is 2.80. The molecule has 0 atom stereocenters. The molecule has 1 saturated heterocycles. The van der Waals surface area contributed by atoms with Gasteiger partial charge < -0.3 is 9.42 Å². The van der Waals surface area contributed by atoms with Gasteiger partial charge in [0, 0.05) is 49.3 Å². The number of carbonyl (C=O) groups is 1. The van der Waals surface area contributed by atoms with Crippen LogP contribution >= 0.6 is 11.6 Å². The molecule has 0 N–H and O–H groups in total. The molecule has 1 aromatic heterocycles. The van der Waals surface area contributed by atoms with Gasteiger partial charge in [-0.2, -0.15) is 9.29 Å². The highest BCUT2D eigenvalue weighted by atomic mass is 35.5. The van der Waals surface area contributed by atoms with Crippen molar-refractivity contribution in [2.24, 2.45) is 0 Å². The number of fused-ring (bicyclic) bond motifs is 1. The van der Waals surface area contributed by atoms with Gasteiger partial charge in [-0.1, -0.05) is 41.0 Å². The third-order valence-electron chi connectivity index (χ3n) is 5.86. The fraction of sp³-hybridized carbons (Fsp3) is 0.208. The van der Waals surface area contributed by atoms with Crippen LogP contribution in [0.5, 0.6) is 0 Å². The molecule has 0 unspecified atom stereocenters. The summed E-state index contributed by atoms with van der Waals surface area (Å²) in [5, 5.41) is 6.16. The fourth-order valence-corrected chi connectivity index (χ4v) is 5.64. The minimum absolute atomic E-state index is 0.143. The lowest BCUT2D eigenvalue weighted by molar-refractivity contribution is 0.0698. The summed E-state index contributed by atoms with van der Waals surface area (Å²) in [7, 11) is -3.67. The molecular formula is C24H21ClN4O4S. The maximum Gasteiger partial charge on any atom is 0.253 e. The number of aryl methyl sites for hydroxylation is 1. The smallest absolute Gasteiger partial charge is 0.253 e. The Hall–Kier alpha value is -3.27. The van der Waals surface area contributed by atoms with Crippen molar-refractivity contribution >= 4 is 38.3 Å². The Morgan fingerprint density at radius 1 is 0.941 bits per heavy atom. The van der Waals surface area contributed by atoms with Crippen molar-refractivity contribution in [3.8, 4) is 11.4 Å². The third-order valence-corrected chi connectivity index (χ3v) is 7.98. The van der Waals surface area contributed by atoms with E-state index in [1.165, 1.54) is 4.31 Å². The normalized spacial score (nSPS) is 15.1. The van der Waals surface area contributed by atoms with E-state index in [0.717, 1.165) is 16.3 Å². The predicted octanol–water partition coefficient (Wildman–Crippen LogP) is 4.00. The number of amides is 1. The second kappa shape index (κ2) is 8.83. The number of benzene rings is 3. The number of hydrogen-bond donors (Lipinski definition) is 0. The summed E-state index contributed by atoms with van der Waals surface area (Å²) < 4.78 is 32.8. The number of piperazine rings is 1. The van der Waals surface area contributed by atoms with Gasteiger partial charge in [0.1, 0.15) is 0 Å². The first-order valence-corrected chi connectivity index (χ1v) is 12.5. The van der Waals surface area contributed by atoms with E-state index in [4.69, 9.17) is 16.1 Å². The lowest BCUT2D eigenvalue weighted by Gasteiger charge is -2.34. The van der Waals surface area contributed by atoms with E-state index < -0.39 is 10.0 Å². The topological polar surface area (TPSA) is 96.6 Å². The van der Waals surface area contributed by atoms with Gasteiger partial charge in [-0.05, 0) is 47.2 Å². The molecule has 3 aromatic carbocycles. The molecule has 4 aromatic rings. The minimum Gasteiger partial charge on any atom is -0.339 e.